The molecular weight excluding hydrogens is 243 g/mol. The number of benzene rings is 1. The SMILES string of the molecule is O=C1CCCN1c1ccc(C2=CCNCC2)c(F)c1. The molecule has 0 unspecified atom stereocenters. The molecule has 0 spiro atoms. The Morgan fingerprint density at radius 3 is 2.79 bits per heavy atom. The number of hydrogen-bond acceptors (Lipinski definition) is 2. The van der Waals surface area contributed by atoms with E-state index in [1.165, 1.54) is 6.07 Å². The molecule has 1 saturated heterocycles. The third-order valence-corrected chi connectivity index (χ3v) is 3.75. The van der Waals surface area contributed by atoms with Crippen LogP contribution in [0.3, 0.4) is 0 Å². The summed E-state index contributed by atoms with van der Waals surface area (Å²) in [5.41, 5.74) is 2.39. The first-order chi connectivity index (χ1) is 9.25. The average Bonchev–Trinajstić information content (AvgIpc) is 2.86. The number of rotatable bonds is 2. The van der Waals surface area contributed by atoms with E-state index in [0.29, 0.717) is 24.2 Å². The van der Waals surface area contributed by atoms with Crippen LogP contribution in [0.25, 0.3) is 5.57 Å². The van der Waals surface area contributed by atoms with Crippen LogP contribution >= 0.6 is 0 Å². The lowest BCUT2D eigenvalue weighted by Crippen LogP contribution is -2.24. The topological polar surface area (TPSA) is 32.3 Å². The second-order valence-corrected chi connectivity index (χ2v) is 5.00. The molecule has 0 aromatic heterocycles. The normalized spacial score (nSPS) is 19.7. The molecule has 2 aliphatic rings. The lowest BCUT2D eigenvalue weighted by Gasteiger charge is -2.18. The Morgan fingerprint density at radius 2 is 2.16 bits per heavy atom. The molecule has 19 heavy (non-hydrogen) atoms. The van der Waals surface area contributed by atoms with Crippen molar-refractivity contribution < 1.29 is 9.18 Å². The van der Waals surface area contributed by atoms with E-state index in [-0.39, 0.29) is 11.7 Å². The molecular formula is C15H17FN2O. The highest BCUT2D eigenvalue weighted by molar-refractivity contribution is 5.95. The fourth-order valence-corrected chi connectivity index (χ4v) is 2.72. The third kappa shape index (κ3) is 2.40. The summed E-state index contributed by atoms with van der Waals surface area (Å²) >= 11 is 0. The second-order valence-electron chi connectivity index (χ2n) is 5.00. The predicted molar refractivity (Wildman–Crippen MR) is 73.5 cm³/mol. The van der Waals surface area contributed by atoms with E-state index in [9.17, 15) is 9.18 Å². The van der Waals surface area contributed by atoms with Crippen LogP contribution in [0, 0.1) is 5.82 Å². The molecule has 2 heterocycles. The highest BCUT2D eigenvalue weighted by atomic mass is 19.1. The molecule has 0 radical (unpaired) electrons. The van der Waals surface area contributed by atoms with Crippen molar-refractivity contribution in [2.24, 2.45) is 0 Å². The molecule has 1 aromatic carbocycles. The van der Waals surface area contributed by atoms with Gasteiger partial charge in [-0.2, -0.15) is 0 Å². The van der Waals surface area contributed by atoms with E-state index < -0.39 is 0 Å². The molecule has 100 valence electrons. The Morgan fingerprint density at radius 1 is 1.26 bits per heavy atom. The summed E-state index contributed by atoms with van der Waals surface area (Å²) in [6, 6.07) is 5.14. The van der Waals surface area contributed by atoms with Gasteiger partial charge in [-0.3, -0.25) is 4.79 Å². The van der Waals surface area contributed by atoms with Crippen LogP contribution < -0.4 is 10.2 Å². The predicted octanol–water partition coefficient (Wildman–Crippen LogP) is 2.33. The van der Waals surface area contributed by atoms with Gasteiger partial charge in [-0.05, 0) is 43.2 Å². The largest absolute Gasteiger partial charge is 0.313 e. The van der Waals surface area contributed by atoms with Crippen molar-refractivity contribution in [1.82, 2.24) is 5.32 Å². The Kier molecular flexibility index (Phi) is 3.34. The van der Waals surface area contributed by atoms with Crippen molar-refractivity contribution in [2.45, 2.75) is 19.3 Å². The van der Waals surface area contributed by atoms with Gasteiger partial charge in [-0.15, -0.1) is 0 Å². The summed E-state index contributed by atoms with van der Waals surface area (Å²) in [6.07, 6.45) is 4.31. The molecule has 1 N–H and O–H groups in total. The van der Waals surface area contributed by atoms with Crippen molar-refractivity contribution in [3.63, 3.8) is 0 Å². The summed E-state index contributed by atoms with van der Waals surface area (Å²) < 4.78 is 14.2. The lowest BCUT2D eigenvalue weighted by atomic mass is 9.99. The van der Waals surface area contributed by atoms with Crippen LogP contribution in [0.2, 0.25) is 0 Å². The Bertz CT molecular complexity index is 539. The van der Waals surface area contributed by atoms with Gasteiger partial charge in [-0.25, -0.2) is 4.39 Å². The maximum absolute atomic E-state index is 14.2. The highest BCUT2D eigenvalue weighted by Gasteiger charge is 2.22. The Balaban J connectivity index is 1.89. The van der Waals surface area contributed by atoms with E-state index in [1.807, 2.05) is 12.1 Å². The van der Waals surface area contributed by atoms with Gasteiger partial charge in [0.05, 0.1) is 0 Å². The second kappa shape index (κ2) is 5.13. The lowest BCUT2D eigenvalue weighted by molar-refractivity contribution is -0.117. The van der Waals surface area contributed by atoms with Crippen molar-refractivity contribution in [3.8, 4) is 0 Å². The van der Waals surface area contributed by atoms with Gasteiger partial charge >= 0.3 is 0 Å². The van der Waals surface area contributed by atoms with Gasteiger partial charge < -0.3 is 10.2 Å². The zero-order chi connectivity index (χ0) is 13.2. The van der Waals surface area contributed by atoms with Crippen LogP contribution in [-0.2, 0) is 4.79 Å². The van der Waals surface area contributed by atoms with Gasteiger partial charge in [0, 0.05) is 30.8 Å². The van der Waals surface area contributed by atoms with Gasteiger partial charge in [0.25, 0.3) is 0 Å². The van der Waals surface area contributed by atoms with E-state index >= 15 is 0 Å². The molecule has 0 bridgehead atoms. The standard InChI is InChI=1S/C15H17FN2O/c16-14-10-12(18-9-1-2-15(18)19)3-4-13(14)11-5-7-17-8-6-11/h3-5,10,17H,1-2,6-9H2. The fourth-order valence-electron chi connectivity index (χ4n) is 2.72. The van der Waals surface area contributed by atoms with Crippen LogP contribution in [0.4, 0.5) is 10.1 Å². The van der Waals surface area contributed by atoms with Crippen molar-refractivity contribution in [2.75, 3.05) is 24.5 Å². The Labute approximate surface area is 112 Å². The molecule has 1 amide bonds. The van der Waals surface area contributed by atoms with Crippen molar-refractivity contribution in [1.29, 1.82) is 0 Å². The summed E-state index contributed by atoms with van der Waals surface area (Å²) in [4.78, 5) is 13.3. The molecule has 0 atom stereocenters. The zero-order valence-electron chi connectivity index (χ0n) is 10.8. The maximum atomic E-state index is 14.2. The summed E-state index contributed by atoms with van der Waals surface area (Å²) in [7, 11) is 0. The molecule has 3 nitrogen and oxygen atoms in total. The first kappa shape index (κ1) is 12.4. The minimum absolute atomic E-state index is 0.0910. The third-order valence-electron chi connectivity index (χ3n) is 3.75. The fraction of sp³-hybridized carbons (Fsp3) is 0.400. The molecule has 2 aliphatic heterocycles. The van der Waals surface area contributed by atoms with Crippen molar-refractivity contribution in [3.05, 3.63) is 35.7 Å². The molecule has 4 heteroatoms. The van der Waals surface area contributed by atoms with Gasteiger partial charge in [0.2, 0.25) is 5.91 Å². The van der Waals surface area contributed by atoms with E-state index in [0.717, 1.165) is 31.5 Å². The number of nitrogens with one attached hydrogen (secondary N) is 1. The van der Waals surface area contributed by atoms with E-state index in [4.69, 9.17) is 0 Å². The van der Waals surface area contributed by atoms with Gasteiger partial charge in [0.15, 0.2) is 0 Å². The number of halogens is 1. The molecule has 0 aliphatic carbocycles. The number of carbonyl (C=O) groups excluding carboxylic acids is 1. The van der Waals surface area contributed by atoms with Crippen LogP contribution in [0.5, 0.6) is 0 Å². The summed E-state index contributed by atoms with van der Waals surface area (Å²) in [6.45, 7) is 2.38. The quantitative estimate of drug-likeness (QED) is 0.885. The van der Waals surface area contributed by atoms with Crippen LogP contribution in [-0.4, -0.2) is 25.5 Å². The van der Waals surface area contributed by atoms with Crippen LogP contribution in [0.1, 0.15) is 24.8 Å². The maximum Gasteiger partial charge on any atom is 0.227 e. The minimum Gasteiger partial charge on any atom is -0.313 e. The monoisotopic (exact) mass is 260 g/mol. The molecule has 1 aromatic rings. The average molecular weight is 260 g/mol. The summed E-state index contributed by atoms with van der Waals surface area (Å²) in [5.74, 6) is -0.140. The zero-order valence-corrected chi connectivity index (χ0v) is 10.8. The molecule has 0 saturated carbocycles. The number of amides is 1. The van der Waals surface area contributed by atoms with Gasteiger partial charge in [-0.1, -0.05) is 6.08 Å². The first-order valence-electron chi connectivity index (χ1n) is 6.76. The molecule has 3 rings (SSSR count). The minimum atomic E-state index is -0.231. The highest BCUT2D eigenvalue weighted by Crippen LogP contribution is 2.28. The van der Waals surface area contributed by atoms with E-state index in [1.54, 1.807) is 11.0 Å². The first-order valence-corrected chi connectivity index (χ1v) is 6.76. The number of hydrogen-bond donors (Lipinski definition) is 1. The van der Waals surface area contributed by atoms with Crippen LogP contribution in [0.15, 0.2) is 24.3 Å². The number of carbonyl (C=O) groups is 1. The number of anilines is 1. The smallest absolute Gasteiger partial charge is 0.227 e. The van der Waals surface area contributed by atoms with Gasteiger partial charge in [0.1, 0.15) is 5.82 Å². The van der Waals surface area contributed by atoms with Crippen molar-refractivity contribution >= 4 is 17.2 Å². The van der Waals surface area contributed by atoms with E-state index in [2.05, 4.69) is 5.32 Å². The Hall–Kier alpha value is -1.68. The molecule has 1 fully saturated rings. The number of nitrogens with zero attached hydrogens (tertiary/aromatic N) is 1. The summed E-state index contributed by atoms with van der Waals surface area (Å²) in [5, 5.41) is 3.21.